The summed E-state index contributed by atoms with van der Waals surface area (Å²) in [5.41, 5.74) is 0.810. The smallest absolute Gasteiger partial charge is 0.172 e. The van der Waals surface area contributed by atoms with Crippen LogP contribution in [0.15, 0.2) is 59.6 Å². The zero-order valence-electron chi connectivity index (χ0n) is 10.8. The molecule has 2 rings (SSSR count). The van der Waals surface area contributed by atoms with E-state index in [9.17, 15) is 4.79 Å². The molecule has 0 saturated carbocycles. The molecular weight excluding hydrogens is 240 g/mol. The highest BCUT2D eigenvalue weighted by Crippen LogP contribution is 2.40. The first-order valence-electron chi connectivity index (χ1n) is 6.24. The zero-order valence-corrected chi connectivity index (χ0v) is 11.6. The Labute approximate surface area is 113 Å². The van der Waals surface area contributed by atoms with E-state index in [1.54, 1.807) is 17.8 Å². The average Bonchev–Trinajstić information content (AvgIpc) is 2.37. The SMILES string of the molecule is C=CC1=C(/C=C/C(C)C)C(=O)C2C=CC=CC2S1. The van der Waals surface area contributed by atoms with Crippen molar-refractivity contribution < 1.29 is 4.79 Å². The molecule has 1 aliphatic heterocycles. The van der Waals surface area contributed by atoms with Gasteiger partial charge in [-0.05, 0) is 5.92 Å². The van der Waals surface area contributed by atoms with Crippen LogP contribution in [0, 0.1) is 11.8 Å². The number of carbonyl (C=O) groups is 1. The summed E-state index contributed by atoms with van der Waals surface area (Å²) in [4.78, 5) is 13.5. The molecule has 2 aliphatic rings. The van der Waals surface area contributed by atoms with Crippen molar-refractivity contribution in [3.63, 3.8) is 0 Å². The van der Waals surface area contributed by atoms with Gasteiger partial charge in [0, 0.05) is 15.7 Å². The van der Waals surface area contributed by atoms with Crippen molar-refractivity contribution in [2.75, 3.05) is 0 Å². The molecule has 0 bridgehead atoms. The van der Waals surface area contributed by atoms with Gasteiger partial charge >= 0.3 is 0 Å². The lowest BCUT2D eigenvalue weighted by Gasteiger charge is -2.29. The average molecular weight is 258 g/mol. The summed E-state index contributed by atoms with van der Waals surface area (Å²) in [7, 11) is 0. The molecular formula is C16H18OS. The van der Waals surface area contributed by atoms with Crippen LogP contribution in [-0.4, -0.2) is 11.0 Å². The fraction of sp³-hybridized carbons (Fsp3) is 0.312. The Morgan fingerprint density at radius 1 is 1.33 bits per heavy atom. The Morgan fingerprint density at radius 2 is 2.06 bits per heavy atom. The van der Waals surface area contributed by atoms with Crippen LogP contribution in [0.25, 0.3) is 0 Å². The van der Waals surface area contributed by atoms with Crippen LogP contribution >= 0.6 is 11.8 Å². The summed E-state index contributed by atoms with van der Waals surface area (Å²) in [6.07, 6.45) is 13.9. The predicted molar refractivity (Wildman–Crippen MR) is 79.4 cm³/mol. The highest BCUT2D eigenvalue weighted by atomic mass is 32.2. The fourth-order valence-electron chi connectivity index (χ4n) is 2.06. The fourth-order valence-corrected chi connectivity index (χ4v) is 3.27. The second-order valence-electron chi connectivity index (χ2n) is 4.83. The summed E-state index contributed by atoms with van der Waals surface area (Å²) in [5, 5.41) is 0.228. The number of Topliss-reactive ketones (excluding diaryl/α,β-unsaturated/α-hetero) is 1. The van der Waals surface area contributed by atoms with Gasteiger partial charge in [-0.1, -0.05) is 63.0 Å². The summed E-state index contributed by atoms with van der Waals surface area (Å²) < 4.78 is 0. The van der Waals surface area contributed by atoms with Gasteiger partial charge in [0.15, 0.2) is 5.78 Å². The topological polar surface area (TPSA) is 17.1 Å². The Kier molecular flexibility index (Phi) is 4.07. The third kappa shape index (κ3) is 2.59. The van der Waals surface area contributed by atoms with Crippen molar-refractivity contribution in [3.05, 3.63) is 59.6 Å². The Hall–Kier alpha value is -1.28. The molecule has 0 fully saturated rings. The summed E-state index contributed by atoms with van der Waals surface area (Å²) in [6.45, 7) is 8.04. The number of fused-ring (bicyclic) bond motifs is 1. The van der Waals surface area contributed by atoms with Crippen molar-refractivity contribution in [3.8, 4) is 0 Å². The van der Waals surface area contributed by atoms with E-state index >= 15 is 0 Å². The van der Waals surface area contributed by atoms with Crippen LogP contribution in [0.5, 0.6) is 0 Å². The van der Waals surface area contributed by atoms with Gasteiger partial charge in [-0.25, -0.2) is 0 Å². The molecule has 1 heterocycles. The lowest BCUT2D eigenvalue weighted by atomic mass is 9.89. The standard InChI is InChI=1S/C16H18OS/c1-4-14-13(10-9-11(2)3)16(17)12-7-5-6-8-15(12)18-14/h4-12,15H,1H2,2-3H3/b10-9+. The molecule has 0 saturated heterocycles. The van der Waals surface area contributed by atoms with E-state index in [2.05, 4.69) is 32.6 Å². The van der Waals surface area contributed by atoms with E-state index in [1.165, 1.54) is 0 Å². The summed E-state index contributed by atoms with van der Waals surface area (Å²) in [5.74, 6) is 0.641. The maximum absolute atomic E-state index is 12.5. The van der Waals surface area contributed by atoms with Crippen molar-refractivity contribution in [1.29, 1.82) is 0 Å². The van der Waals surface area contributed by atoms with Crippen LogP contribution in [0.4, 0.5) is 0 Å². The van der Waals surface area contributed by atoms with Gasteiger partial charge in [-0.15, -0.1) is 11.8 Å². The first-order chi connectivity index (χ1) is 8.63. The van der Waals surface area contributed by atoms with Crippen LogP contribution in [-0.2, 0) is 4.79 Å². The molecule has 0 aromatic rings. The molecule has 0 spiro atoms. The van der Waals surface area contributed by atoms with Crippen molar-refractivity contribution in [1.82, 2.24) is 0 Å². The third-order valence-electron chi connectivity index (χ3n) is 3.01. The number of hydrogen-bond acceptors (Lipinski definition) is 2. The van der Waals surface area contributed by atoms with Crippen LogP contribution in [0.1, 0.15) is 13.8 Å². The minimum absolute atomic E-state index is 0.0180. The van der Waals surface area contributed by atoms with E-state index in [1.807, 2.05) is 24.3 Å². The Balaban J connectivity index is 2.37. The highest BCUT2D eigenvalue weighted by molar-refractivity contribution is 8.04. The van der Waals surface area contributed by atoms with Gasteiger partial charge in [0.2, 0.25) is 0 Å². The lowest BCUT2D eigenvalue weighted by Crippen LogP contribution is -2.29. The number of carbonyl (C=O) groups excluding carboxylic acids is 1. The van der Waals surface area contributed by atoms with Gasteiger partial charge in [0.1, 0.15) is 0 Å². The van der Waals surface area contributed by atoms with Crippen LogP contribution in [0.3, 0.4) is 0 Å². The zero-order chi connectivity index (χ0) is 13.1. The van der Waals surface area contributed by atoms with E-state index in [4.69, 9.17) is 0 Å². The summed E-state index contributed by atoms with van der Waals surface area (Å²) >= 11 is 1.73. The number of thioether (sulfide) groups is 1. The highest BCUT2D eigenvalue weighted by Gasteiger charge is 2.33. The van der Waals surface area contributed by atoms with Crippen molar-refractivity contribution >= 4 is 17.5 Å². The molecule has 0 N–H and O–H groups in total. The van der Waals surface area contributed by atoms with Crippen LogP contribution in [0.2, 0.25) is 0 Å². The number of rotatable bonds is 3. The normalized spacial score (nSPS) is 27.2. The minimum atomic E-state index is -0.0180. The first kappa shape index (κ1) is 13.2. The molecule has 2 heteroatoms. The van der Waals surface area contributed by atoms with Crippen molar-refractivity contribution in [2.24, 2.45) is 11.8 Å². The number of ketones is 1. The molecule has 2 atom stereocenters. The van der Waals surface area contributed by atoms with E-state index in [0.29, 0.717) is 5.92 Å². The molecule has 0 aromatic heterocycles. The number of hydrogen-bond donors (Lipinski definition) is 0. The van der Waals surface area contributed by atoms with E-state index in [0.717, 1.165) is 10.5 Å². The number of allylic oxidation sites excluding steroid dienone is 7. The molecule has 0 amide bonds. The monoisotopic (exact) mass is 258 g/mol. The molecule has 1 aliphatic carbocycles. The molecule has 18 heavy (non-hydrogen) atoms. The molecule has 2 unspecified atom stereocenters. The van der Waals surface area contributed by atoms with Gasteiger partial charge < -0.3 is 0 Å². The molecule has 0 aromatic carbocycles. The van der Waals surface area contributed by atoms with Gasteiger partial charge in [0.25, 0.3) is 0 Å². The minimum Gasteiger partial charge on any atom is -0.293 e. The maximum atomic E-state index is 12.5. The maximum Gasteiger partial charge on any atom is 0.172 e. The first-order valence-corrected chi connectivity index (χ1v) is 7.12. The molecule has 1 nitrogen and oxygen atoms in total. The Morgan fingerprint density at radius 3 is 2.72 bits per heavy atom. The predicted octanol–water partition coefficient (Wildman–Crippen LogP) is 4.07. The second kappa shape index (κ2) is 5.57. The largest absolute Gasteiger partial charge is 0.293 e. The van der Waals surface area contributed by atoms with E-state index in [-0.39, 0.29) is 17.0 Å². The lowest BCUT2D eigenvalue weighted by molar-refractivity contribution is -0.117. The van der Waals surface area contributed by atoms with Crippen molar-refractivity contribution in [2.45, 2.75) is 19.1 Å². The Bertz CT molecular complexity index is 477. The summed E-state index contributed by atoms with van der Waals surface area (Å²) in [6, 6.07) is 0. The van der Waals surface area contributed by atoms with Gasteiger partial charge in [-0.2, -0.15) is 0 Å². The third-order valence-corrected chi connectivity index (χ3v) is 4.38. The second-order valence-corrected chi connectivity index (χ2v) is 6.05. The quantitative estimate of drug-likeness (QED) is 0.759. The van der Waals surface area contributed by atoms with E-state index < -0.39 is 0 Å². The van der Waals surface area contributed by atoms with Gasteiger partial charge in [0.05, 0.1) is 5.92 Å². The molecule has 0 radical (unpaired) electrons. The molecule has 94 valence electrons. The van der Waals surface area contributed by atoms with Crippen LogP contribution < -0.4 is 0 Å². The van der Waals surface area contributed by atoms with Gasteiger partial charge in [-0.3, -0.25) is 4.79 Å².